The number of carbonyl (C=O) groups is 1. The van der Waals surface area contributed by atoms with Crippen molar-refractivity contribution in [3.05, 3.63) is 29.8 Å². The molecule has 1 aromatic carbocycles. The lowest BCUT2D eigenvalue weighted by Crippen LogP contribution is -2.33. The van der Waals surface area contributed by atoms with Gasteiger partial charge in [0.2, 0.25) is 0 Å². The van der Waals surface area contributed by atoms with Gasteiger partial charge in [-0.3, -0.25) is 4.79 Å². The summed E-state index contributed by atoms with van der Waals surface area (Å²) in [6.07, 6.45) is 0.972. The Kier molecular flexibility index (Phi) is 7.19. The van der Waals surface area contributed by atoms with Crippen molar-refractivity contribution in [2.45, 2.75) is 58.1 Å². The number of ketones is 1. The van der Waals surface area contributed by atoms with Crippen molar-refractivity contribution in [1.29, 1.82) is 0 Å². The zero-order valence-electron chi connectivity index (χ0n) is 15.1. The molecule has 0 aliphatic carbocycles. The van der Waals surface area contributed by atoms with E-state index in [4.69, 9.17) is 8.85 Å². The van der Waals surface area contributed by atoms with Gasteiger partial charge in [0.05, 0.1) is 6.61 Å². The molecule has 0 amide bonds. The number of hydrogen-bond donors (Lipinski definition) is 1. The summed E-state index contributed by atoms with van der Waals surface area (Å²) in [6.45, 7) is 12.5. The maximum absolute atomic E-state index is 11.9. The molecule has 1 aromatic rings. The molecule has 129 valence electrons. The zero-order valence-corrected chi connectivity index (χ0v) is 17.1. The number of ether oxygens (including phenoxy) is 1. The van der Waals surface area contributed by atoms with Crippen molar-refractivity contribution in [3.8, 4) is 5.75 Å². The highest BCUT2D eigenvalue weighted by Crippen LogP contribution is 2.17. The van der Waals surface area contributed by atoms with Crippen molar-refractivity contribution >= 4 is 23.1 Å². The van der Waals surface area contributed by atoms with E-state index in [1.165, 1.54) is 13.8 Å². The molecule has 4 nitrogen and oxygen atoms in total. The minimum Gasteiger partial charge on any atom is -0.494 e. The fourth-order valence-electron chi connectivity index (χ4n) is 2.14. The van der Waals surface area contributed by atoms with Crippen LogP contribution in [0.5, 0.6) is 5.75 Å². The van der Waals surface area contributed by atoms with Gasteiger partial charge in [-0.15, -0.1) is 0 Å². The summed E-state index contributed by atoms with van der Waals surface area (Å²) < 4.78 is 11.8. The molecule has 1 radical (unpaired) electrons. The molecule has 0 bridgehead atoms. The van der Waals surface area contributed by atoms with E-state index in [0.717, 1.165) is 18.2 Å². The number of aliphatic hydroxyl groups is 1. The first-order valence-corrected chi connectivity index (χ1v) is 13.5. The third-order valence-electron chi connectivity index (χ3n) is 3.09. The molecule has 0 atom stereocenters. The van der Waals surface area contributed by atoms with Crippen molar-refractivity contribution < 1.29 is 18.8 Å². The van der Waals surface area contributed by atoms with Crippen LogP contribution in [0.15, 0.2) is 24.3 Å². The van der Waals surface area contributed by atoms with Crippen LogP contribution in [0.4, 0.5) is 0 Å². The van der Waals surface area contributed by atoms with E-state index >= 15 is 0 Å². The van der Waals surface area contributed by atoms with Gasteiger partial charge in [-0.05, 0) is 76.8 Å². The first-order chi connectivity index (χ1) is 10.5. The van der Waals surface area contributed by atoms with Crippen LogP contribution < -0.4 is 4.74 Å². The topological polar surface area (TPSA) is 55.8 Å². The Labute approximate surface area is 142 Å². The number of carbonyl (C=O) groups excluding carboxylic acids is 1. The van der Waals surface area contributed by atoms with Gasteiger partial charge >= 0.3 is 0 Å². The van der Waals surface area contributed by atoms with Crippen molar-refractivity contribution in [3.63, 3.8) is 0 Å². The molecule has 0 saturated heterocycles. The molecule has 1 rings (SSSR count). The molecule has 0 spiro atoms. The summed E-state index contributed by atoms with van der Waals surface area (Å²) >= 11 is 0. The second-order valence-electron chi connectivity index (χ2n) is 7.28. The van der Waals surface area contributed by atoms with Crippen molar-refractivity contribution in [2.24, 2.45) is 0 Å². The van der Waals surface area contributed by atoms with E-state index in [-0.39, 0.29) is 5.78 Å². The summed E-state index contributed by atoms with van der Waals surface area (Å²) in [4.78, 5) is 11.9. The van der Waals surface area contributed by atoms with E-state index in [0.29, 0.717) is 12.2 Å². The van der Waals surface area contributed by atoms with Crippen LogP contribution in [0.25, 0.3) is 0 Å². The van der Waals surface area contributed by atoms with Crippen LogP contribution in [-0.4, -0.2) is 40.5 Å². The molecular formula is C17H29O4Si2. The first-order valence-electron chi connectivity index (χ1n) is 8.00. The van der Waals surface area contributed by atoms with Crippen LogP contribution in [-0.2, 0) is 4.12 Å². The monoisotopic (exact) mass is 353 g/mol. The highest BCUT2D eigenvalue weighted by Gasteiger charge is 2.25. The van der Waals surface area contributed by atoms with E-state index in [1.54, 1.807) is 24.3 Å². The predicted octanol–water partition coefficient (Wildman–Crippen LogP) is 3.88. The molecule has 23 heavy (non-hydrogen) atoms. The van der Waals surface area contributed by atoms with Gasteiger partial charge in [-0.1, -0.05) is 0 Å². The average Bonchev–Trinajstić information content (AvgIpc) is 2.40. The fraction of sp³-hybridized carbons (Fsp3) is 0.588. The highest BCUT2D eigenvalue weighted by molar-refractivity contribution is 6.77. The van der Waals surface area contributed by atoms with E-state index in [2.05, 4.69) is 26.2 Å². The van der Waals surface area contributed by atoms with Gasteiger partial charge < -0.3 is 14.0 Å². The second-order valence-corrected chi connectivity index (χ2v) is 14.2. The number of benzene rings is 1. The van der Waals surface area contributed by atoms with Crippen LogP contribution in [0.1, 0.15) is 30.6 Å². The summed E-state index contributed by atoms with van der Waals surface area (Å²) in [5.41, 5.74) is -0.856. The quantitative estimate of drug-likeness (QED) is 0.416. The third-order valence-corrected chi connectivity index (χ3v) is 8.00. The number of hydrogen-bond acceptors (Lipinski definition) is 4. The molecule has 0 aromatic heterocycles. The lowest BCUT2D eigenvalue weighted by Gasteiger charge is -2.22. The molecule has 0 aliphatic rings. The van der Waals surface area contributed by atoms with E-state index in [1.807, 2.05) is 0 Å². The predicted molar refractivity (Wildman–Crippen MR) is 98.0 cm³/mol. The first kappa shape index (κ1) is 20.1. The Bertz CT molecular complexity index is 501. The maximum atomic E-state index is 11.9. The average molecular weight is 354 g/mol. The molecule has 0 aliphatic heterocycles. The fourth-order valence-corrected chi connectivity index (χ4v) is 7.37. The molecule has 0 heterocycles. The van der Waals surface area contributed by atoms with Gasteiger partial charge in [0.15, 0.2) is 23.1 Å². The summed E-state index contributed by atoms with van der Waals surface area (Å²) in [5.74, 6) is 0.457. The summed E-state index contributed by atoms with van der Waals surface area (Å²) in [5, 5.41) is 9.73. The normalized spacial score (nSPS) is 12.5. The number of Topliss-reactive ketones (excluding diaryl/α,β-unsaturated/α-hetero) is 1. The minimum atomic E-state index is -1.42. The van der Waals surface area contributed by atoms with Crippen molar-refractivity contribution in [1.82, 2.24) is 0 Å². The SMILES string of the molecule is C[Si](CCCOc1ccc(C(=O)C(C)(C)O)cc1)O[Si](C)(C)C. The van der Waals surface area contributed by atoms with Crippen molar-refractivity contribution in [2.75, 3.05) is 6.61 Å². The van der Waals surface area contributed by atoms with Crippen LogP contribution >= 0.6 is 0 Å². The van der Waals surface area contributed by atoms with Gasteiger partial charge in [-0.25, -0.2) is 0 Å². The maximum Gasteiger partial charge on any atom is 0.194 e. The standard InChI is InChI=1S/C17H29O4Si2/c1-17(2,19)16(18)14-8-10-15(11-9-14)20-12-7-13-22(3)21-23(4,5)6/h8-11,19H,7,12-13H2,1-6H3. The Balaban J connectivity index is 2.38. The van der Waals surface area contributed by atoms with E-state index < -0.39 is 23.0 Å². The third kappa shape index (κ3) is 7.92. The highest BCUT2D eigenvalue weighted by atomic mass is 28.4. The van der Waals surface area contributed by atoms with Gasteiger partial charge in [0.1, 0.15) is 11.4 Å². The summed E-state index contributed by atoms with van der Waals surface area (Å²) in [6, 6.07) is 8.01. The van der Waals surface area contributed by atoms with Crippen LogP contribution in [0.2, 0.25) is 32.2 Å². The smallest absolute Gasteiger partial charge is 0.194 e. The Morgan fingerprint density at radius 1 is 1.22 bits per heavy atom. The molecular weight excluding hydrogens is 324 g/mol. The van der Waals surface area contributed by atoms with Gasteiger partial charge in [-0.2, -0.15) is 0 Å². The minimum absolute atomic E-state index is 0.286. The van der Waals surface area contributed by atoms with Gasteiger partial charge in [0.25, 0.3) is 0 Å². The lowest BCUT2D eigenvalue weighted by atomic mass is 9.97. The van der Waals surface area contributed by atoms with Crippen LogP contribution in [0.3, 0.4) is 0 Å². The lowest BCUT2D eigenvalue weighted by molar-refractivity contribution is 0.0488. The zero-order chi connectivity index (χ0) is 17.7. The molecule has 0 fully saturated rings. The largest absolute Gasteiger partial charge is 0.494 e. The molecule has 0 unspecified atom stereocenters. The Morgan fingerprint density at radius 3 is 2.26 bits per heavy atom. The molecule has 0 saturated carbocycles. The molecule has 6 heteroatoms. The second kappa shape index (κ2) is 8.23. The summed E-state index contributed by atoms with van der Waals surface area (Å²) in [7, 11) is -2.15. The number of rotatable bonds is 9. The Hall–Kier alpha value is -0.956. The Morgan fingerprint density at radius 2 is 1.78 bits per heavy atom. The van der Waals surface area contributed by atoms with E-state index in [9.17, 15) is 9.90 Å². The van der Waals surface area contributed by atoms with Gasteiger partial charge in [0, 0.05) is 5.56 Å². The van der Waals surface area contributed by atoms with Crippen LogP contribution in [0, 0.1) is 0 Å². The molecule has 1 N–H and O–H groups in total.